The van der Waals surface area contributed by atoms with Crippen molar-refractivity contribution in [1.82, 2.24) is 9.88 Å². The molecule has 0 fully saturated rings. The smallest absolute Gasteiger partial charge is 0.268 e. The summed E-state index contributed by atoms with van der Waals surface area (Å²) in [6, 6.07) is 11.7. The number of amides is 1. The molecular formula is C18H19BrN2O3. The molecule has 3 aromatic rings. The summed E-state index contributed by atoms with van der Waals surface area (Å²) in [5.74, 6) is -0.102. The van der Waals surface area contributed by atoms with Crippen LogP contribution < -0.4 is 5.32 Å². The Morgan fingerprint density at radius 3 is 2.83 bits per heavy atom. The van der Waals surface area contributed by atoms with Crippen LogP contribution >= 0.6 is 15.9 Å². The first-order chi connectivity index (χ1) is 11.7. The summed E-state index contributed by atoms with van der Waals surface area (Å²) in [6.45, 7) is 1.82. The summed E-state index contributed by atoms with van der Waals surface area (Å²) in [5, 5.41) is 2.93. The van der Waals surface area contributed by atoms with Crippen LogP contribution in [0.2, 0.25) is 0 Å². The van der Waals surface area contributed by atoms with E-state index in [1.54, 1.807) is 19.4 Å². The number of methoxy groups -OCH3 is 1. The number of nitrogens with zero attached hydrogens (tertiary/aromatic N) is 1. The maximum absolute atomic E-state index is 12.5. The van der Waals surface area contributed by atoms with Gasteiger partial charge in [0, 0.05) is 43.4 Å². The molecule has 0 bridgehead atoms. The molecule has 3 rings (SSSR count). The van der Waals surface area contributed by atoms with E-state index in [1.807, 2.05) is 34.9 Å². The van der Waals surface area contributed by atoms with Crippen LogP contribution in [-0.2, 0) is 11.3 Å². The molecule has 1 N–H and O–H groups in total. The molecule has 0 saturated heterocycles. The number of halogens is 1. The van der Waals surface area contributed by atoms with E-state index >= 15 is 0 Å². The molecule has 1 amide bonds. The Hall–Kier alpha value is -2.05. The molecule has 1 aromatic carbocycles. The van der Waals surface area contributed by atoms with Crippen molar-refractivity contribution in [1.29, 1.82) is 0 Å². The van der Waals surface area contributed by atoms with Gasteiger partial charge in [0.15, 0.2) is 5.58 Å². The van der Waals surface area contributed by atoms with E-state index in [9.17, 15) is 4.79 Å². The van der Waals surface area contributed by atoms with Crippen LogP contribution in [0.5, 0.6) is 0 Å². The molecule has 0 aliphatic heterocycles. The first-order valence-corrected chi connectivity index (χ1v) is 8.56. The van der Waals surface area contributed by atoms with Gasteiger partial charge in [0.05, 0.1) is 11.8 Å². The fourth-order valence-electron chi connectivity index (χ4n) is 2.62. The second-order valence-electron chi connectivity index (χ2n) is 5.51. The molecule has 0 saturated carbocycles. The topological polar surface area (TPSA) is 56.4 Å². The number of benzene rings is 1. The second-order valence-corrected chi connectivity index (χ2v) is 6.43. The van der Waals surface area contributed by atoms with Gasteiger partial charge in [-0.05, 0) is 24.1 Å². The van der Waals surface area contributed by atoms with Crippen LogP contribution in [-0.4, -0.2) is 30.7 Å². The quantitative estimate of drug-likeness (QED) is 0.624. The molecule has 126 valence electrons. The van der Waals surface area contributed by atoms with Crippen LogP contribution in [0.3, 0.4) is 0 Å². The maximum Gasteiger partial charge on any atom is 0.268 e. The third-order valence-corrected chi connectivity index (χ3v) is 4.35. The summed E-state index contributed by atoms with van der Waals surface area (Å²) in [4.78, 5) is 12.5. The zero-order chi connectivity index (χ0) is 16.9. The van der Waals surface area contributed by atoms with Crippen molar-refractivity contribution in [2.24, 2.45) is 0 Å². The van der Waals surface area contributed by atoms with Gasteiger partial charge in [0.1, 0.15) is 5.69 Å². The highest BCUT2D eigenvalue weighted by Gasteiger charge is 2.17. The first-order valence-electron chi connectivity index (χ1n) is 7.77. The Kier molecular flexibility index (Phi) is 5.37. The molecule has 0 radical (unpaired) electrons. The van der Waals surface area contributed by atoms with Gasteiger partial charge in [-0.3, -0.25) is 4.79 Å². The third kappa shape index (κ3) is 3.71. The van der Waals surface area contributed by atoms with Gasteiger partial charge in [-0.2, -0.15) is 0 Å². The van der Waals surface area contributed by atoms with Crippen molar-refractivity contribution in [3.8, 4) is 0 Å². The van der Waals surface area contributed by atoms with Gasteiger partial charge >= 0.3 is 0 Å². The lowest BCUT2D eigenvalue weighted by Gasteiger charge is -2.11. The highest BCUT2D eigenvalue weighted by atomic mass is 79.9. The van der Waals surface area contributed by atoms with Crippen molar-refractivity contribution >= 4 is 32.9 Å². The lowest BCUT2D eigenvalue weighted by atomic mass is 10.2. The highest BCUT2D eigenvalue weighted by Crippen LogP contribution is 2.23. The van der Waals surface area contributed by atoms with Crippen LogP contribution in [0.1, 0.15) is 22.5 Å². The molecule has 5 nitrogen and oxygen atoms in total. The number of hydrogen-bond acceptors (Lipinski definition) is 3. The highest BCUT2D eigenvalue weighted by molar-refractivity contribution is 9.10. The van der Waals surface area contributed by atoms with Crippen molar-refractivity contribution in [2.45, 2.75) is 13.0 Å². The molecule has 0 atom stereocenters. The van der Waals surface area contributed by atoms with E-state index in [4.69, 9.17) is 9.15 Å². The van der Waals surface area contributed by atoms with E-state index in [2.05, 4.69) is 21.2 Å². The summed E-state index contributed by atoms with van der Waals surface area (Å²) >= 11 is 3.44. The predicted molar refractivity (Wildman–Crippen MR) is 96.3 cm³/mol. The molecule has 2 aromatic heterocycles. The zero-order valence-corrected chi connectivity index (χ0v) is 15.0. The number of nitrogens with one attached hydrogen (secondary N) is 1. The molecule has 2 heterocycles. The van der Waals surface area contributed by atoms with Gasteiger partial charge < -0.3 is 19.0 Å². The van der Waals surface area contributed by atoms with Gasteiger partial charge in [0.25, 0.3) is 5.91 Å². The van der Waals surface area contributed by atoms with E-state index in [1.165, 1.54) is 0 Å². The minimum Gasteiger partial charge on any atom is -0.463 e. The van der Waals surface area contributed by atoms with Crippen molar-refractivity contribution in [3.05, 3.63) is 58.4 Å². The second kappa shape index (κ2) is 7.68. The van der Waals surface area contributed by atoms with E-state index in [0.717, 1.165) is 22.0 Å². The van der Waals surface area contributed by atoms with Crippen molar-refractivity contribution in [2.75, 3.05) is 20.3 Å². The number of hydrogen-bond donors (Lipinski definition) is 1. The van der Waals surface area contributed by atoms with Gasteiger partial charge in [0.2, 0.25) is 0 Å². The number of carbonyl (C=O) groups excluding carboxylic acids is 1. The molecule has 0 aliphatic carbocycles. The Labute approximate surface area is 148 Å². The maximum atomic E-state index is 12.5. The number of rotatable bonds is 7. The number of fused-ring (bicyclic) bond motifs is 1. The number of furan rings is 1. The van der Waals surface area contributed by atoms with Crippen LogP contribution in [0.25, 0.3) is 11.1 Å². The van der Waals surface area contributed by atoms with Crippen molar-refractivity contribution in [3.63, 3.8) is 0 Å². The summed E-state index contributed by atoms with van der Waals surface area (Å²) < 4.78 is 13.5. The summed E-state index contributed by atoms with van der Waals surface area (Å²) in [5.41, 5.74) is 3.35. The monoisotopic (exact) mass is 390 g/mol. The number of carbonyl (C=O) groups is 1. The summed E-state index contributed by atoms with van der Waals surface area (Å²) in [6.07, 6.45) is 2.43. The standard InChI is InChI=1S/C18H19BrN2O3/c1-23-9-2-8-20-18(22)16-11-17-15(7-10-24-17)21(16)12-13-3-5-14(19)6-4-13/h3-7,10-11H,2,8-9,12H2,1H3,(H,20,22). The third-order valence-electron chi connectivity index (χ3n) is 3.82. The Balaban J connectivity index is 1.83. The predicted octanol–water partition coefficient (Wildman–Crippen LogP) is 3.81. The normalized spacial score (nSPS) is 11.1. The minimum atomic E-state index is -0.102. The molecule has 24 heavy (non-hydrogen) atoms. The molecule has 0 aliphatic rings. The van der Waals surface area contributed by atoms with Gasteiger partial charge in [-0.1, -0.05) is 28.1 Å². The molecular weight excluding hydrogens is 372 g/mol. The van der Waals surface area contributed by atoms with Gasteiger partial charge in [-0.15, -0.1) is 0 Å². The Morgan fingerprint density at radius 1 is 1.29 bits per heavy atom. The average molecular weight is 391 g/mol. The largest absolute Gasteiger partial charge is 0.463 e. The zero-order valence-electron chi connectivity index (χ0n) is 13.4. The number of ether oxygens (including phenoxy) is 1. The Morgan fingerprint density at radius 2 is 2.08 bits per heavy atom. The van der Waals surface area contributed by atoms with E-state index < -0.39 is 0 Å². The average Bonchev–Trinajstić information content (AvgIpc) is 3.16. The fraction of sp³-hybridized carbons (Fsp3) is 0.278. The first kappa shape index (κ1) is 16.8. The molecule has 0 spiro atoms. The Bertz CT molecular complexity index is 821. The lowest BCUT2D eigenvalue weighted by molar-refractivity contribution is 0.0940. The SMILES string of the molecule is COCCCNC(=O)c1cc2occc2n1Cc1ccc(Br)cc1. The fourth-order valence-corrected chi connectivity index (χ4v) is 2.88. The van der Waals surface area contributed by atoms with E-state index in [0.29, 0.717) is 31.0 Å². The van der Waals surface area contributed by atoms with Crippen molar-refractivity contribution < 1.29 is 13.9 Å². The molecule has 6 heteroatoms. The van der Waals surface area contributed by atoms with Gasteiger partial charge in [-0.25, -0.2) is 0 Å². The summed E-state index contributed by atoms with van der Waals surface area (Å²) in [7, 11) is 1.65. The lowest BCUT2D eigenvalue weighted by Crippen LogP contribution is -2.27. The number of aromatic nitrogens is 1. The molecule has 0 unspecified atom stereocenters. The van der Waals surface area contributed by atoms with Crippen LogP contribution in [0.4, 0.5) is 0 Å². The van der Waals surface area contributed by atoms with Crippen LogP contribution in [0, 0.1) is 0 Å². The van der Waals surface area contributed by atoms with E-state index in [-0.39, 0.29) is 5.91 Å². The minimum absolute atomic E-state index is 0.102. The van der Waals surface area contributed by atoms with Crippen LogP contribution in [0.15, 0.2) is 51.6 Å².